The molecule has 1 fully saturated rings. The molecule has 0 aliphatic carbocycles. The van der Waals surface area contributed by atoms with Gasteiger partial charge in [-0.2, -0.15) is 0 Å². The average Bonchev–Trinajstić information content (AvgIpc) is 3.16. The van der Waals surface area contributed by atoms with Gasteiger partial charge in [-0.05, 0) is 12.1 Å². The van der Waals surface area contributed by atoms with Crippen LogP contribution in [0.5, 0.6) is 0 Å². The van der Waals surface area contributed by atoms with Crippen LogP contribution in [0, 0.1) is 0 Å². The zero-order valence-corrected chi connectivity index (χ0v) is 14.4. The van der Waals surface area contributed by atoms with E-state index in [2.05, 4.69) is 15.5 Å². The Hall–Kier alpha value is -3.08. The summed E-state index contributed by atoms with van der Waals surface area (Å²) in [5, 5.41) is 9.65. The molecule has 0 spiro atoms. The molecule has 1 aromatic heterocycles. The van der Waals surface area contributed by atoms with E-state index in [4.69, 9.17) is 4.42 Å². The van der Waals surface area contributed by atoms with Gasteiger partial charge in [0.25, 0.3) is 5.89 Å². The molecule has 3 rings (SSSR count). The van der Waals surface area contributed by atoms with Crippen molar-refractivity contribution in [2.45, 2.75) is 17.7 Å². The van der Waals surface area contributed by atoms with Gasteiger partial charge in [-0.25, -0.2) is 8.42 Å². The maximum absolute atomic E-state index is 12.0. The number of hydrogen-bond donors (Lipinski definition) is 1. The smallest absolute Gasteiger partial charge is 0.322 e. The van der Waals surface area contributed by atoms with Crippen LogP contribution in [-0.4, -0.2) is 54.0 Å². The van der Waals surface area contributed by atoms with Crippen molar-refractivity contribution in [3.8, 4) is 11.5 Å². The lowest BCUT2D eigenvalue weighted by Gasteiger charge is -2.11. The summed E-state index contributed by atoms with van der Waals surface area (Å²) in [4.78, 5) is 35.8. The number of sulfone groups is 1. The molecule has 10 nitrogen and oxygen atoms in total. The van der Waals surface area contributed by atoms with Gasteiger partial charge >= 0.3 is 6.01 Å². The van der Waals surface area contributed by atoms with Gasteiger partial charge in [-0.15, -0.1) is 5.10 Å². The lowest BCUT2D eigenvalue weighted by molar-refractivity contribution is -0.141. The molecule has 11 heteroatoms. The lowest BCUT2D eigenvalue weighted by atomic mass is 10.2. The number of carbonyl (C=O) groups is 3. The van der Waals surface area contributed by atoms with Gasteiger partial charge < -0.3 is 4.42 Å². The second-order valence-corrected chi connectivity index (χ2v) is 7.59. The van der Waals surface area contributed by atoms with Crippen molar-refractivity contribution in [3.05, 3.63) is 24.3 Å². The zero-order valence-electron chi connectivity index (χ0n) is 13.6. The number of carbonyl (C=O) groups excluding carboxylic acids is 3. The Morgan fingerprint density at radius 2 is 1.85 bits per heavy atom. The quantitative estimate of drug-likeness (QED) is 0.729. The standard InChI is InChI=1S/C15H14N4O6S/c1-26(23,24)10-5-3-2-4-9(10)14-17-18-15(25-14)16-11(20)8-19-12(21)6-7-13(19)22/h2-5H,6-8H2,1H3,(H,16,18,20). The summed E-state index contributed by atoms with van der Waals surface area (Å²) in [7, 11) is -3.52. The maximum atomic E-state index is 12.0. The molecule has 1 aromatic carbocycles. The summed E-state index contributed by atoms with van der Waals surface area (Å²) in [5.41, 5.74) is 0.202. The van der Waals surface area contributed by atoms with E-state index in [1.807, 2.05) is 0 Å². The van der Waals surface area contributed by atoms with Crippen LogP contribution in [0.4, 0.5) is 6.01 Å². The topological polar surface area (TPSA) is 140 Å². The van der Waals surface area contributed by atoms with Crippen LogP contribution in [0.1, 0.15) is 12.8 Å². The van der Waals surface area contributed by atoms with E-state index in [0.29, 0.717) is 0 Å². The van der Waals surface area contributed by atoms with Crippen LogP contribution >= 0.6 is 0 Å². The van der Waals surface area contributed by atoms with Gasteiger partial charge in [0.15, 0.2) is 9.84 Å². The van der Waals surface area contributed by atoms with Gasteiger partial charge in [0.05, 0.1) is 10.5 Å². The van der Waals surface area contributed by atoms with Crippen molar-refractivity contribution in [2.24, 2.45) is 0 Å². The molecule has 3 amide bonds. The summed E-state index contributed by atoms with van der Waals surface area (Å²) in [6.45, 7) is -0.449. The van der Waals surface area contributed by atoms with Crippen LogP contribution in [0.15, 0.2) is 33.6 Å². The third-order valence-electron chi connectivity index (χ3n) is 3.64. The molecule has 0 unspecified atom stereocenters. The first-order valence-electron chi connectivity index (χ1n) is 7.51. The fourth-order valence-corrected chi connectivity index (χ4v) is 3.33. The highest BCUT2D eigenvalue weighted by Crippen LogP contribution is 2.27. The summed E-state index contributed by atoms with van der Waals surface area (Å²) in [6, 6.07) is 5.79. The van der Waals surface area contributed by atoms with Gasteiger partial charge in [-0.3, -0.25) is 24.6 Å². The second kappa shape index (κ2) is 6.67. The van der Waals surface area contributed by atoms with E-state index in [1.165, 1.54) is 12.1 Å². The molecular weight excluding hydrogens is 364 g/mol. The number of likely N-dealkylation sites (tertiary alicyclic amines) is 1. The van der Waals surface area contributed by atoms with E-state index >= 15 is 0 Å². The Bertz CT molecular complexity index is 981. The first-order valence-corrected chi connectivity index (χ1v) is 9.41. The van der Waals surface area contributed by atoms with E-state index in [0.717, 1.165) is 11.2 Å². The predicted molar refractivity (Wildman–Crippen MR) is 87.4 cm³/mol. The summed E-state index contributed by atoms with van der Waals surface area (Å²) in [5.74, 6) is -1.60. The molecule has 2 heterocycles. The molecule has 0 atom stereocenters. The lowest BCUT2D eigenvalue weighted by Crippen LogP contribution is -2.36. The molecule has 0 bridgehead atoms. The maximum Gasteiger partial charge on any atom is 0.322 e. The number of amides is 3. The minimum absolute atomic E-state index is 0.00906. The van der Waals surface area contributed by atoms with Crippen molar-refractivity contribution < 1.29 is 27.2 Å². The summed E-state index contributed by atoms with van der Waals surface area (Å²) >= 11 is 0. The number of aromatic nitrogens is 2. The monoisotopic (exact) mass is 378 g/mol. The second-order valence-electron chi connectivity index (χ2n) is 5.60. The number of anilines is 1. The third kappa shape index (κ3) is 3.61. The number of nitrogens with one attached hydrogen (secondary N) is 1. The molecule has 1 N–H and O–H groups in total. The molecule has 2 aromatic rings. The highest BCUT2D eigenvalue weighted by molar-refractivity contribution is 7.90. The van der Waals surface area contributed by atoms with Crippen LogP contribution in [0.2, 0.25) is 0 Å². The molecule has 26 heavy (non-hydrogen) atoms. The molecular formula is C15H14N4O6S. The number of rotatable bonds is 5. The molecule has 1 aliphatic rings. The average molecular weight is 378 g/mol. The Balaban J connectivity index is 1.76. The first-order chi connectivity index (χ1) is 12.3. The highest BCUT2D eigenvalue weighted by Gasteiger charge is 2.30. The van der Waals surface area contributed by atoms with Crippen molar-refractivity contribution in [1.82, 2.24) is 15.1 Å². The fourth-order valence-electron chi connectivity index (χ4n) is 2.45. The largest absolute Gasteiger partial charge is 0.403 e. The third-order valence-corrected chi connectivity index (χ3v) is 4.80. The van der Waals surface area contributed by atoms with Crippen molar-refractivity contribution in [2.75, 3.05) is 18.1 Å². The van der Waals surface area contributed by atoms with Gasteiger partial charge in [0.1, 0.15) is 6.54 Å². The molecule has 136 valence electrons. The predicted octanol–water partition coefficient (Wildman–Crippen LogP) is 0.228. The summed E-state index contributed by atoms with van der Waals surface area (Å²) in [6.07, 6.45) is 1.22. The van der Waals surface area contributed by atoms with Crippen LogP contribution in [0.3, 0.4) is 0 Å². The normalized spacial score (nSPS) is 14.7. The van der Waals surface area contributed by atoms with Gasteiger partial charge in [0, 0.05) is 19.1 Å². The first kappa shape index (κ1) is 17.7. The van der Waals surface area contributed by atoms with E-state index < -0.39 is 34.1 Å². The van der Waals surface area contributed by atoms with E-state index in [1.54, 1.807) is 12.1 Å². The Morgan fingerprint density at radius 3 is 2.50 bits per heavy atom. The Morgan fingerprint density at radius 1 is 1.19 bits per heavy atom. The minimum Gasteiger partial charge on any atom is -0.403 e. The number of hydrogen-bond acceptors (Lipinski definition) is 8. The van der Waals surface area contributed by atoms with Gasteiger partial charge in [-0.1, -0.05) is 17.2 Å². The molecule has 1 aliphatic heterocycles. The Labute approximate surface area is 148 Å². The summed E-state index contributed by atoms with van der Waals surface area (Å²) < 4.78 is 29.0. The van der Waals surface area contributed by atoms with E-state index in [-0.39, 0.29) is 35.2 Å². The highest BCUT2D eigenvalue weighted by atomic mass is 32.2. The SMILES string of the molecule is CS(=O)(=O)c1ccccc1-c1nnc(NC(=O)CN2C(=O)CCC2=O)o1. The van der Waals surface area contributed by atoms with Crippen molar-refractivity contribution in [1.29, 1.82) is 0 Å². The number of imide groups is 1. The fraction of sp³-hybridized carbons (Fsp3) is 0.267. The molecule has 0 saturated carbocycles. The molecule has 0 radical (unpaired) electrons. The van der Waals surface area contributed by atoms with Gasteiger partial charge in [0.2, 0.25) is 17.7 Å². The van der Waals surface area contributed by atoms with Crippen molar-refractivity contribution >= 4 is 33.6 Å². The number of nitrogens with zero attached hydrogens (tertiary/aromatic N) is 3. The van der Waals surface area contributed by atoms with E-state index in [9.17, 15) is 22.8 Å². The Kier molecular flexibility index (Phi) is 4.55. The minimum atomic E-state index is -3.52. The number of benzene rings is 1. The van der Waals surface area contributed by atoms with Crippen LogP contribution in [-0.2, 0) is 24.2 Å². The van der Waals surface area contributed by atoms with Crippen molar-refractivity contribution in [3.63, 3.8) is 0 Å². The molecule has 1 saturated heterocycles. The van der Waals surface area contributed by atoms with Crippen LogP contribution < -0.4 is 5.32 Å². The van der Waals surface area contributed by atoms with Crippen LogP contribution in [0.25, 0.3) is 11.5 Å². The zero-order chi connectivity index (χ0) is 18.9.